The molecule has 0 heterocycles. The van der Waals surface area contributed by atoms with Gasteiger partial charge in [-0.1, -0.05) is 76.9 Å². The van der Waals surface area contributed by atoms with Crippen molar-refractivity contribution >= 4 is 43.4 Å². The fraction of sp³-hybridized carbons (Fsp3) is 0.500. The predicted octanol–water partition coefficient (Wildman–Crippen LogP) is 6.78. The van der Waals surface area contributed by atoms with Crippen LogP contribution in [0.3, 0.4) is 0 Å². The van der Waals surface area contributed by atoms with Crippen LogP contribution in [0.5, 0.6) is 0 Å². The highest BCUT2D eigenvalue weighted by atomic mass is 35.5. The van der Waals surface area contributed by atoms with Crippen LogP contribution in [0.4, 0.5) is 0 Å². The maximum Gasteiger partial charge on any atom is 0.297 e. The summed E-state index contributed by atoms with van der Waals surface area (Å²) in [4.78, 5) is -0.392. The Morgan fingerprint density at radius 2 is 0.941 bits per heavy atom. The lowest BCUT2D eigenvalue weighted by atomic mass is 9.99. The van der Waals surface area contributed by atoms with Crippen molar-refractivity contribution in [3.8, 4) is 11.1 Å². The number of benzene rings is 2. The van der Waals surface area contributed by atoms with Gasteiger partial charge in [-0.25, -0.2) is 0 Å². The molecule has 0 amide bonds. The van der Waals surface area contributed by atoms with Crippen LogP contribution in [0.1, 0.15) is 52.7 Å². The second-order valence-corrected chi connectivity index (χ2v) is 14.6. The maximum atomic E-state index is 13.3. The zero-order valence-corrected chi connectivity index (χ0v) is 23.9. The summed E-state index contributed by atoms with van der Waals surface area (Å²) in [5.41, 5.74) is -0.0844. The van der Waals surface area contributed by atoms with Crippen LogP contribution in [0.15, 0.2) is 34.1 Å². The Labute approximate surface area is 213 Å². The second kappa shape index (κ2) is 10.1. The molecule has 0 aliphatic heterocycles. The Morgan fingerprint density at radius 3 is 1.21 bits per heavy atom. The summed E-state index contributed by atoms with van der Waals surface area (Å²) in [7, 11) is -8.60. The largest absolute Gasteiger partial charge is 0.297 e. The molecule has 2 aromatic rings. The first-order chi connectivity index (χ1) is 15.3. The molecule has 2 rings (SSSR count). The third-order valence-electron chi connectivity index (χ3n) is 4.76. The van der Waals surface area contributed by atoms with Gasteiger partial charge in [-0.05, 0) is 47.9 Å². The molecule has 6 nitrogen and oxygen atoms in total. The normalized spacial score (nSPS) is 13.4. The molecule has 0 fully saturated rings. The van der Waals surface area contributed by atoms with E-state index >= 15 is 0 Å². The lowest BCUT2D eigenvalue weighted by Crippen LogP contribution is -2.21. The quantitative estimate of drug-likeness (QED) is 0.353. The van der Waals surface area contributed by atoms with E-state index in [1.54, 1.807) is 13.8 Å². The second-order valence-electron chi connectivity index (χ2n) is 10.7. The van der Waals surface area contributed by atoms with Crippen molar-refractivity contribution in [1.82, 2.24) is 0 Å². The highest BCUT2D eigenvalue weighted by molar-refractivity contribution is 7.87. The van der Waals surface area contributed by atoms with Crippen molar-refractivity contribution in [1.29, 1.82) is 0 Å². The molecule has 10 heteroatoms. The number of hydrogen-bond acceptors (Lipinski definition) is 6. The Hall–Kier alpha value is -1.16. The van der Waals surface area contributed by atoms with Gasteiger partial charge in [-0.15, -0.1) is 0 Å². The molecule has 0 radical (unpaired) electrons. The summed E-state index contributed by atoms with van der Waals surface area (Å²) in [5, 5.41) is 0.418. The van der Waals surface area contributed by atoms with Crippen molar-refractivity contribution in [2.75, 3.05) is 13.2 Å². The lowest BCUT2D eigenvalue weighted by molar-refractivity contribution is 0.203. The summed E-state index contributed by atoms with van der Waals surface area (Å²) in [6.45, 7) is 14.0. The molecule has 0 bridgehead atoms. The van der Waals surface area contributed by atoms with Gasteiger partial charge in [0.25, 0.3) is 20.2 Å². The van der Waals surface area contributed by atoms with Gasteiger partial charge in [-0.2, -0.15) is 16.8 Å². The number of rotatable bonds is 7. The Morgan fingerprint density at radius 1 is 0.647 bits per heavy atom. The maximum absolute atomic E-state index is 13.3. The molecule has 0 aliphatic rings. The third kappa shape index (κ3) is 6.95. The van der Waals surface area contributed by atoms with E-state index in [0.29, 0.717) is 0 Å². The zero-order valence-electron chi connectivity index (χ0n) is 20.7. The molecule has 0 saturated carbocycles. The fourth-order valence-electron chi connectivity index (χ4n) is 3.03. The fourth-order valence-corrected chi connectivity index (χ4v) is 6.58. The predicted molar refractivity (Wildman–Crippen MR) is 137 cm³/mol. The van der Waals surface area contributed by atoms with Gasteiger partial charge in [-0.3, -0.25) is 8.37 Å². The molecule has 0 atom stereocenters. The number of halogens is 2. The Kier molecular flexibility index (Phi) is 8.61. The van der Waals surface area contributed by atoms with Gasteiger partial charge in [0.1, 0.15) is 9.79 Å². The highest BCUT2D eigenvalue weighted by Gasteiger charge is 2.32. The van der Waals surface area contributed by atoms with Gasteiger partial charge in [0.05, 0.1) is 13.2 Å². The van der Waals surface area contributed by atoms with Crippen LogP contribution in [0, 0.1) is 24.7 Å². The first-order valence-corrected chi connectivity index (χ1v) is 14.2. The third-order valence-corrected chi connectivity index (χ3v) is 8.49. The Bertz CT molecular complexity index is 1180. The minimum atomic E-state index is -4.30. The first-order valence-electron chi connectivity index (χ1n) is 10.6. The van der Waals surface area contributed by atoms with Crippen molar-refractivity contribution in [2.45, 2.75) is 65.2 Å². The smallest absolute Gasteiger partial charge is 0.266 e. The van der Waals surface area contributed by atoms with E-state index in [-0.39, 0.29) is 55.3 Å². The van der Waals surface area contributed by atoms with Crippen LogP contribution in [-0.2, 0) is 28.6 Å². The van der Waals surface area contributed by atoms with Crippen molar-refractivity contribution in [3.63, 3.8) is 0 Å². The average Bonchev–Trinajstić information content (AvgIpc) is 2.67. The minimum absolute atomic E-state index is 0.0692. The SMILES string of the molecule is Cc1c(Cl)ccc(-c2ccc(Cl)c(C)c2S(=O)(=O)OCC(C)(C)C)c1S(=O)(=O)OCC(C)(C)C. The standard InChI is InChI=1S/C24H32Cl2O6S2/c1-15-19(25)11-9-17(21(15)33(27,28)31-13-23(3,4)5)18-10-12-20(26)16(2)22(18)34(29,30)32-14-24(6,7)8/h9-12H,13-14H2,1-8H3. The lowest BCUT2D eigenvalue weighted by Gasteiger charge is -2.22. The van der Waals surface area contributed by atoms with Crippen LogP contribution in [0.2, 0.25) is 10.0 Å². The average molecular weight is 552 g/mol. The van der Waals surface area contributed by atoms with Crippen molar-refractivity contribution in [2.24, 2.45) is 10.8 Å². The van der Waals surface area contributed by atoms with Crippen molar-refractivity contribution in [3.05, 3.63) is 45.4 Å². The van der Waals surface area contributed by atoms with E-state index in [1.165, 1.54) is 24.3 Å². The molecular weight excluding hydrogens is 519 g/mol. The monoisotopic (exact) mass is 550 g/mol. The molecular formula is C24H32Cl2O6S2. The van der Waals surface area contributed by atoms with Crippen molar-refractivity contribution < 1.29 is 25.2 Å². The number of hydrogen-bond donors (Lipinski definition) is 0. The van der Waals surface area contributed by atoms with E-state index in [0.717, 1.165) is 0 Å². The summed E-state index contributed by atoms with van der Waals surface area (Å²) in [6.07, 6.45) is 0. The molecule has 0 unspecified atom stereocenters. The molecule has 34 heavy (non-hydrogen) atoms. The van der Waals surface area contributed by atoms with E-state index in [1.807, 2.05) is 41.5 Å². The van der Waals surface area contributed by atoms with Crippen LogP contribution in [-0.4, -0.2) is 30.0 Å². The highest BCUT2D eigenvalue weighted by Crippen LogP contribution is 2.41. The van der Waals surface area contributed by atoms with Gasteiger partial charge in [0.15, 0.2) is 0 Å². The van der Waals surface area contributed by atoms with Crippen LogP contribution >= 0.6 is 23.2 Å². The Balaban J connectivity index is 2.84. The molecule has 0 saturated heterocycles. The van der Waals surface area contributed by atoms with E-state index in [9.17, 15) is 16.8 Å². The molecule has 0 aliphatic carbocycles. The summed E-state index contributed by atoms with van der Waals surface area (Å²) < 4.78 is 64.0. The van der Waals surface area contributed by atoms with Gasteiger partial charge in [0, 0.05) is 21.2 Å². The summed E-state index contributed by atoms with van der Waals surface area (Å²) in [6, 6.07) is 5.97. The van der Waals surface area contributed by atoms with E-state index < -0.39 is 31.1 Å². The van der Waals surface area contributed by atoms with Gasteiger partial charge < -0.3 is 0 Å². The van der Waals surface area contributed by atoms with Crippen LogP contribution in [0.25, 0.3) is 11.1 Å². The van der Waals surface area contributed by atoms with Gasteiger partial charge >= 0.3 is 0 Å². The first kappa shape index (κ1) is 29.1. The van der Waals surface area contributed by atoms with E-state index in [2.05, 4.69) is 0 Å². The van der Waals surface area contributed by atoms with E-state index in [4.69, 9.17) is 31.6 Å². The molecule has 190 valence electrons. The summed E-state index contributed by atoms with van der Waals surface area (Å²) >= 11 is 12.5. The summed E-state index contributed by atoms with van der Waals surface area (Å²) in [5.74, 6) is 0. The zero-order chi connectivity index (χ0) is 26.3. The van der Waals surface area contributed by atoms with Gasteiger partial charge in [0.2, 0.25) is 0 Å². The molecule has 0 N–H and O–H groups in total. The topological polar surface area (TPSA) is 86.7 Å². The molecule has 0 aromatic heterocycles. The van der Waals surface area contributed by atoms with Crippen LogP contribution < -0.4 is 0 Å². The minimum Gasteiger partial charge on any atom is -0.266 e. The molecule has 2 aromatic carbocycles. The molecule has 0 spiro atoms.